The second-order valence-corrected chi connectivity index (χ2v) is 4.66. The van der Waals surface area contributed by atoms with Crippen LogP contribution in [0, 0.1) is 0 Å². The van der Waals surface area contributed by atoms with Gasteiger partial charge in [0.05, 0.1) is 6.10 Å². The molecule has 3 rings (SSSR count). The highest BCUT2D eigenvalue weighted by Crippen LogP contribution is 2.18. The summed E-state index contributed by atoms with van der Waals surface area (Å²) >= 11 is 0. The van der Waals surface area contributed by atoms with E-state index in [-0.39, 0.29) is 17.7 Å². The van der Waals surface area contributed by atoms with Gasteiger partial charge in [-0.1, -0.05) is 5.16 Å². The summed E-state index contributed by atoms with van der Waals surface area (Å²) in [6.07, 6.45) is 5.49. The maximum Gasteiger partial charge on any atom is 0.273 e. The molecule has 1 saturated heterocycles. The Morgan fingerprint density at radius 1 is 1.50 bits per heavy atom. The lowest BCUT2D eigenvalue weighted by atomic mass is 10.2. The van der Waals surface area contributed by atoms with Gasteiger partial charge in [0.1, 0.15) is 0 Å². The Hall–Kier alpha value is -2.21. The molecule has 0 aliphatic carbocycles. The predicted octanol–water partition coefficient (Wildman–Crippen LogP) is 1.65. The minimum atomic E-state index is -0.251. The zero-order valence-electron chi connectivity index (χ0n) is 10.9. The van der Waals surface area contributed by atoms with Crippen LogP contribution in [0.3, 0.4) is 0 Å². The van der Waals surface area contributed by atoms with Crippen LogP contribution in [0.5, 0.6) is 0 Å². The quantitative estimate of drug-likeness (QED) is 0.916. The molecule has 1 amide bonds. The van der Waals surface area contributed by atoms with Gasteiger partial charge in [0, 0.05) is 37.2 Å². The molecule has 0 saturated carbocycles. The number of ether oxygens (including phenoxy) is 1. The zero-order valence-corrected chi connectivity index (χ0v) is 10.9. The van der Waals surface area contributed by atoms with Gasteiger partial charge in [0.25, 0.3) is 5.91 Å². The topological polar surface area (TPSA) is 77.2 Å². The first kappa shape index (κ1) is 12.8. The Morgan fingerprint density at radius 3 is 3.20 bits per heavy atom. The van der Waals surface area contributed by atoms with Crippen molar-refractivity contribution in [2.24, 2.45) is 0 Å². The lowest BCUT2D eigenvalue weighted by Crippen LogP contribution is -2.31. The van der Waals surface area contributed by atoms with Gasteiger partial charge in [0.15, 0.2) is 11.5 Å². The Kier molecular flexibility index (Phi) is 3.73. The SMILES string of the molecule is O=C(NC[C@H]1CCCO1)c1cc(-c2cccnc2)on1. The minimum absolute atomic E-state index is 0.114. The number of nitrogens with one attached hydrogen (secondary N) is 1. The number of amides is 1. The van der Waals surface area contributed by atoms with E-state index in [1.54, 1.807) is 24.5 Å². The molecule has 20 heavy (non-hydrogen) atoms. The van der Waals surface area contributed by atoms with E-state index < -0.39 is 0 Å². The van der Waals surface area contributed by atoms with Crippen LogP contribution < -0.4 is 5.32 Å². The third-order valence-corrected chi connectivity index (χ3v) is 3.20. The van der Waals surface area contributed by atoms with Gasteiger partial charge in [-0.3, -0.25) is 9.78 Å². The summed E-state index contributed by atoms with van der Waals surface area (Å²) in [7, 11) is 0. The molecule has 3 heterocycles. The highest BCUT2D eigenvalue weighted by molar-refractivity contribution is 5.93. The number of rotatable bonds is 4. The Labute approximate surface area is 116 Å². The van der Waals surface area contributed by atoms with E-state index in [0.717, 1.165) is 25.0 Å². The van der Waals surface area contributed by atoms with Crippen LogP contribution in [-0.4, -0.2) is 35.3 Å². The predicted molar refractivity (Wildman–Crippen MR) is 71.0 cm³/mol. The third kappa shape index (κ3) is 2.85. The van der Waals surface area contributed by atoms with Gasteiger partial charge >= 0.3 is 0 Å². The second-order valence-electron chi connectivity index (χ2n) is 4.66. The lowest BCUT2D eigenvalue weighted by molar-refractivity contribution is 0.0850. The van der Waals surface area contributed by atoms with Crippen molar-refractivity contribution in [1.29, 1.82) is 0 Å². The first-order chi connectivity index (χ1) is 9.83. The molecule has 1 atom stereocenters. The maximum absolute atomic E-state index is 11.9. The average Bonchev–Trinajstić information content (AvgIpc) is 3.17. The Morgan fingerprint density at radius 2 is 2.45 bits per heavy atom. The van der Waals surface area contributed by atoms with Crippen molar-refractivity contribution in [3.05, 3.63) is 36.3 Å². The molecule has 0 spiro atoms. The molecule has 1 fully saturated rings. The van der Waals surface area contributed by atoms with E-state index in [2.05, 4.69) is 15.5 Å². The number of carbonyl (C=O) groups is 1. The summed E-state index contributed by atoms with van der Waals surface area (Å²) in [4.78, 5) is 15.9. The molecule has 104 valence electrons. The van der Waals surface area contributed by atoms with E-state index in [4.69, 9.17) is 9.26 Å². The molecule has 0 aromatic carbocycles. The maximum atomic E-state index is 11.9. The van der Waals surface area contributed by atoms with E-state index in [0.29, 0.717) is 12.3 Å². The summed E-state index contributed by atoms with van der Waals surface area (Å²) in [5.74, 6) is 0.278. The third-order valence-electron chi connectivity index (χ3n) is 3.20. The molecule has 2 aromatic rings. The summed E-state index contributed by atoms with van der Waals surface area (Å²) in [5, 5.41) is 6.59. The first-order valence-corrected chi connectivity index (χ1v) is 6.60. The monoisotopic (exact) mass is 273 g/mol. The molecular formula is C14H15N3O3. The highest BCUT2D eigenvalue weighted by atomic mass is 16.5. The molecule has 6 heteroatoms. The van der Waals surface area contributed by atoms with Gasteiger partial charge in [0.2, 0.25) is 0 Å². The summed E-state index contributed by atoms with van der Waals surface area (Å²) in [6.45, 7) is 1.28. The molecule has 0 radical (unpaired) electrons. The lowest BCUT2D eigenvalue weighted by Gasteiger charge is -2.09. The number of hydrogen-bond donors (Lipinski definition) is 1. The molecule has 1 N–H and O–H groups in total. The highest BCUT2D eigenvalue weighted by Gasteiger charge is 2.18. The fraction of sp³-hybridized carbons (Fsp3) is 0.357. The number of hydrogen-bond acceptors (Lipinski definition) is 5. The van der Waals surface area contributed by atoms with Crippen LogP contribution in [0.15, 0.2) is 35.1 Å². The average molecular weight is 273 g/mol. The van der Waals surface area contributed by atoms with Crippen LogP contribution in [0.1, 0.15) is 23.3 Å². The van der Waals surface area contributed by atoms with Gasteiger partial charge in [-0.2, -0.15) is 0 Å². The normalized spacial score (nSPS) is 18.1. The molecule has 6 nitrogen and oxygen atoms in total. The van der Waals surface area contributed by atoms with E-state index in [9.17, 15) is 4.79 Å². The standard InChI is InChI=1S/C14H15N3O3/c18-14(16-9-11-4-2-6-19-11)12-7-13(20-17-12)10-3-1-5-15-8-10/h1,3,5,7-8,11H,2,4,6,9H2,(H,16,18)/t11-/m1/s1. The summed E-state index contributed by atoms with van der Waals surface area (Å²) < 4.78 is 10.6. The van der Waals surface area contributed by atoms with E-state index in [1.165, 1.54) is 0 Å². The molecule has 1 aliphatic rings. The van der Waals surface area contributed by atoms with Crippen molar-refractivity contribution in [2.45, 2.75) is 18.9 Å². The molecule has 1 aliphatic heterocycles. The first-order valence-electron chi connectivity index (χ1n) is 6.60. The fourth-order valence-electron chi connectivity index (χ4n) is 2.13. The van der Waals surface area contributed by atoms with Crippen LogP contribution in [0.2, 0.25) is 0 Å². The van der Waals surface area contributed by atoms with Crippen molar-refractivity contribution in [3.63, 3.8) is 0 Å². The van der Waals surface area contributed by atoms with Crippen molar-refractivity contribution in [3.8, 4) is 11.3 Å². The number of pyridine rings is 1. The number of aromatic nitrogens is 2. The van der Waals surface area contributed by atoms with Gasteiger partial charge in [-0.15, -0.1) is 0 Å². The second kappa shape index (κ2) is 5.83. The number of carbonyl (C=O) groups excluding carboxylic acids is 1. The minimum Gasteiger partial charge on any atom is -0.376 e. The Bertz CT molecular complexity index is 576. The van der Waals surface area contributed by atoms with Gasteiger partial charge < -0.3 is 14.6 Å². The zero-order chi connectivity index (χ0) is 13.8. The van der Waals surface area contributed by atoms with Crippen LogP contribution in [0.4, 0.5) is 0 Å². The van der Waals surface area contributed by atoms with Crippen molar-refractivity contribution >= 4 is 5.91 Å². The van der Waals surface area contributed by atoms with Crippen molar-refractivity contribution in [1.82, 2.24) is 15.5 Å². The fourth-order valence-corrected chi connectivity index (χ4v) is 2.13. The molecule has 2 aromatic heterocycles. The van der Waals surface area contributed by atoms with Gasteiger partial charge in [-0.05, 0) is 25.0 Å². The smallest absolute Gasteiger partial charge is 0.273 e. The van der Waals surface area contributed by atoms with Crippen LogP contribution in [0.25, 0.3) is 11.3 Å². The van der Waals surface area contributed by atoms with Crippen molar-refractivity contribution in [2.75, 3.05) is 13.2 Å². The van der Waals surface area contributed by atoms with E-state index >= 15 is 0 Å². The van der Waals surface area contributed by atoms with Crippen LogP contribution in [-0.2, 0) is 4.74 Å². The molecule has 0 unspecified atom stereocenters. The van der Waals surface area contributed by atoms with E-state index in [1.807, 2.05) is 6.07 Å². The summed E-state index contributed by atoms with van der Waals surface area (Å²) in [6, 6.07) is 5.26. The Balaban J connectivity index is 1.62. The molecular weight excluding hydrogens is 258 g/mol. The summed E-state index contributed by atoms with van der Waals surface area (Å²) in [5.41, 5.74) is 1.06. The van der Waals surface area contributed by atoms with Gasteiger partial charge in [-0.25, -0.2) is 0 Å². The van der Waals surface area contributed by atoms with Crippen molar-refractivity contribution < 1.29 is 14.1 Å². The molecule has 0 bridgehead atoms. The van der Waals surface area contributed by atoms with Crippen LogP contribution >= 0.6 is 0 Å². The largest absolute Gasteiger partial charge is 0.376 e. The number of nitrogens with zero attached hydrogens (tertiary/aromatic N) is 2.